The number of amides is 2. The minimum atomic E-state index is -0.0415. The van der Waals surface area contributed by atoms with E-state index in [4.69, 9.17) is 0 Å². The van der Waals surface area contributed by atoms with Crippen molar-refractivity contribution in [1.29, 1.82) is 0 Å². The van der Waals surface area contributed by atoms with Crippen LogP contribution in [0.25, 0.3) is 10.9 Å². The van der Waals surface area contributed by atoms with E-state index in [0.717, 1.165) is 35.9 Å². The molecule has 0 radical (unpaired) electrons. The monoisotopic (exact) mass is 325 g/mol. The number of para-hydroxylation sites is 1. The zero-order valence-corrected chi connectivity index (χ0v) is 14.1. The summed E-state index contributed by atoms with van der Waals surface area (Å²) in [6, 6.07) is 11.9. The van der Waals surface area contributed by atoms with Gasteiger partial charge in [-0.3, -0.25) is 14.6 Å². The lowest BCUT2D eigenvalue weighted by Crippen LogP contribution is -2.41. The molecular formula is C19H23N3O2. The molecule has 3 rings (SSSR count). The van der Waals surface area contributed by atoms with Gasteiger partial charge in [0.2, 0.25) is 11.8 Å². The first-order chi connectivity index (χ1) is 11.6. The first kappa shape index (κ1) is 16.4. The molecule has 5 heteroatoms. The van der Waals surface area contributed by atoms with E-state index in [-0.39, 0.29) is 18.4 Å². The second-order valence-corrected chi connectivity index (χ2v) is 6.37. The highest BCUT2D eigenvalue weighted by molar-refractivity contribution is 5.85. The molecule has 0 atom stereocenters. The molecule has 1 aliphatic heterocycles. The molecule has 126 valence electrons. The number of nitrogens with zero attached hydrogens (tertiary/aromatic N) is 3. The summed E-state index contributed by atoms with van der Waals surface area (Å²) in [5.74, 6) is 0.0540. The maximum Gasteiger partial charge on any atom is 0.242 e. The Morgan fingerprint density at radius 3 is 2.88 bits per heavy atom. The molecule has 24 heavy (non-hydrogen) atoms. The molecule has 1 fully saturated rings. The average Bonchev–Trinajstić information content (AvgIpc) is 2.79. The van der Waals surface area contributed by atoms with Crippen LogP contribution in [0.5, 0.6) is 0 Å². The Kier molecular flexibility index (Phi) is 5.08. The van der Waals surface area contributed by atoms with Crippen LogP contribution >= 0.6 is 0 Å². The van der Waals surface area contributed by atoms with E-state index >= 15 is 0 Å². The molecule has 2 aromatic rings. The number of pyridine rings is 1. The van der Waals surface area contributed by atoms with Gasteiger partial charge in [0, 0.05) is 25.4 Å². The van der Waals surface area contributed by atoms with Crippen molar-refractivity contribution < 1.29 is 9.59 Å². The molecule has 1 aromatic carbocycles. The first-order valence-electron chi connectivity index (χ1n) is 8.50. The molecule has 1 saturated heterocycles. The van der Waals surface area contributed by atoms with E-state index in [1.54, 1.807) is 16.8 Å². The van der Waals surface area contributed by atoms with Crippen molar-refractivity contribution in [2.45, 2.75) is 32.2 Å². The summed E-state index contributed by atoms with van der Waals surface area (Å²) in [7, 11) is 1.77. The zero-order chi connectivity index (χ0) is 16.9. The van der Waals surface area contributed by atoms with Crippen molar-refractivity contribution in [1.82, 2.24) is 14.8 Å². The smallest absolute Gasteiger partial charge is 0.242 e. The summed E-state index contributed by atoms with van der Waals surface area (Å²) in [5, 5.41) is 1.09. The first-order valence-corrected chi connectivity index (χ1v) is 8.50. The van der Waals surface area contributed by atoms with Crippen LogP contribution in [-0.2, 0) is 16.1 Å². The summed E-state index contributed by atoms with van der Waals surface area (Å²) >= 11 is 0. The van der Waals surface area contributed by atoms with Crippen molar-refractivity contribution in [2.75, 3.05) is 20.1 Å². The quantitative estimate of drug-likeness (QED) is 0.868. The van der Waals surface area contributed by atoms with Gasteiger partial charge < -0.3 is 9.80 Å². The minimum absolute atomic E-state index is 0.0415. The predicted molar refractivity (Wildman–Crippen MR) is 93.3 cm³/mol. The van der Waals surface area contributed by atoms with E-state index in [0.29, 0.717) is 19.5 Å². The highest BCUT2D eigenvalue weighted by atomic mass is 16.2. The second-order valence-electron chi connectivity index (χ2n) is 6.37. The molecule has 1 aliphatic rings. The molecule has 0 N–H and O–H groups in total. The highest BCUT2D eigenvalue weighted by Gasteiger charge is 2.21. The normalized spacial score (nSPS) is 15.4. The predicted octanol–water partition coefficient (Wildman–Crippen LogP) is 2.60. The van der Waals surface area contributed by atoms with E-state index in [1.807, 2.05) is 36.4 Å². The molecule has 2 heterocycles. The van der Waals surface area contributed by atoms with Crippen molar-refractivity contribution in [2.24, 2.45) is 0 Å². The molecule has 0 unspecified atom stereocenters. The number of carbonyl (C=O) groups is 2. The fraction of sp³-hybridized carbons (Fsp3) is 0.421. The third kappa shape index (κ3) is 3.91. The van der Waals surface area contributed by atoms with Crippen LogP contribution in [0.3, 0.4) is 0 Å². The maximum absolute atomic E-state index is 12.4. The topological polar surface area (TPSA) is 53.5 Å². The molecule has 1 aromatic heterocycles. The lowest BCUT2D eigenvalue weighted by atomic mass is 10.2. The zero-order valence-electron chi connectivity index (χ0n) is 14.1. The van der Waals surface area contributed by atoms with Crippen LogP contribution in [-0.4, -0.2) is 46.7 Å². The largest absolute Gasteiger partial charge is 0.338 e. The SMILES string of the molecule is CN(Cc1ccc2ccccc2n1)C(=O)CN1CCCCCC1=O. The standard InChI is InChI=1S/C19H23N3O2/c1-21(19(24)14-22-12-6-2-3-9-18(22)23)13-16-11-10-15-7-4-5-8-17(15)20-16/h4-5,7-8,10-11H,2-3,6,9,12-14H2,1H3. The van der Waals surface area contributed by atoms with Crippen molar-refractivity contribution in [3.63, 3.8) is 0 Å². The van der Waals surface area contributed by atoms with E-state index in [2.05, 4.69) is 4.98 Å². The van der Waals surface area contributed by atoms with Crippen molar-refractivity contribution >= 4 is 22.7 Å². The Morgan fingerprint density at radius 1 is 1.17 bits per heavy atom. The van der Waals surface area contributed by atoms with Crippen LogP contribution in [0.1, 0.15) is 31.4 Å². The van der Waals surface area contributed by atoms with Crippen LogP contribution in [0, 0.1) is 0 Å². The summed E-state index contributed by atoms with van der Waals surface area (Å²) in [6.45, 7) is 1.31. The van der Waals surface area contributed by atoms with Gasteiger partial charge in [0.05, 0.1) is 24.3 Å². The molecule has 0 saturated carbocycles. The Morgan fingerprint density at radius 2 is 2.00 bits per heavy atom. The van der Waals surface area contributed by atoms with E-state index < -0.39 is 0 Å². The van der Waals surface area contributed by atoms with Gasteiger partial charge in [0.25, 0.3) is 0 Å². The van der Waals surface area contributed by atoms with Gasteiger partial charge in [-0.2, -0.15) is 0 Å². The summed E-state index contributed by atoms with van der Waals surface area (Å²) in [4.78, 5) is 32.4. The summed E-state index contributed by atoms with van der Waals surface area (Å²) < 4.78 is 0. The Hall–Kier alpha value is -2.43. The van der Waals surface area contributed by atoms with Crippen molar-refractivity contribution in [3.8, 4) is 0 Å². The Bertz CT molecular complexity index is 744. The van der Waals surface area contributed by atoms with Gasteiger partial charge in [-0.25, -0.2) is 0 Å². The minimum Gasteiger partial charge on any atom is -0.338 e. The fourth-order valence-corrected chi connectivity index (χ4v) is 3.02. The third-order valence-corrected chi connectivity index (χ3v) is 4.48. The highest BCUT2D eigenvalue weighted by Crippen LogP contribution is 2.14. The number of hydrogen-bond acceptors (Lipinski definition) is 3. The van der Waals surface area contributed by atoms with E-state index in [1.165, 1.54) is 0 Å². The summed E-state index contributed by atoms with van der Waals surface area (Å²) in [6.07, 6.45) is 3.53. The lowest BCUT2D eigenvalue weighted by Gasteiger charge is -2.24. The molecule has 2 amide bonds. The Labute approximate surface area is 142 Å². The van der Waals surface area contributed by atoms with Crippen LogP contribution in [0.4, 0.5) is 0 Å². The number of likely N-dealkylation sites (tertiary alicyclic amines) is 1. The van der Waals surface area contributed by atoms with Crippen LogP contribution < -0.4 is 0 Å². The molecule has 0 bridgehead atoms. The van der Waals surface area contributed by atoms with Gasteiger partial charge in [-0.1, -0.05) is 30.7 Å². The third-order valence-electron chi connectivity index (χ3n) is 4.48. The molecule has 0 spiro atoms. The number of likely N-dealkylation sites (N-methyl/N-ethyl adjacent to an activating group) is 1. The molecule has 0 aliphatic carbocycles. The Balaban J connectivity index is 1.63. The van der Waals surface area contributed by atoms with Crippen LogP contribution in [0.2, 0.25) is 0 Å². The van der Waals surface area contributed by atoms with Gasteiger partial charge in [-0.15, -0.1) is 0 Å². The van der Waals surface area contributed by atoms with Gasteiger partial charge >= 0.3 is 0 Å². The number of rotatable bonds is 4. The number of carbonyl (C=O) groups excluding carboxylic acids is 2. The van der Waals surface area contributed by atoms with E-state index in [9.17, 15) is 9.59 Å². The number of aromatic nitrogens is 1. The lowest BCUT2D eigenvalue weighted by molar-refractivity contribution is -0.139. The van der Waals surface area contributed by atoms with Gasteiger partial charge in [0.15, 0.2) is 0 Å². The maximum atomic E-state index is 12.4. The van der Waals surface area contributed by atoms with Crippen molar-refractivity contribution in [3.05, 3.63) is 42.1 Å². The molecular weight excluding hydrogens is 302 g/mol. The molecule has 5 nitrogen and oxygen atoms in total. The summed E-state index contributed by atoms with van der Waals surface area (Å²) in [5.41, 5.74) is 1.78. The number of hydrogen-bond donors (Lipinski definition) is 0. The fourth-order valence-electron chi connectivity index (χ4n) is 3.02. The second kappa shape index (κ2) is 7.43. The number of fused-ring (bicyclic) bond motifs is 1. The van der Waals surface area contributed by atoms with Crippen LogP contribution in [0.15, 0.2) is 36.4 Å². The average molecular weight is 325 g/mol. The van der Waals surface area contributed by atoms with Gasteiger partial charge in [0.1, 0.15) is 0 Å². The van der Waals surface area contributed by atoms with Gasteiger partial charge in [-0.05, 0) is 25.0 Å². The number of benzene rings is 1.